The Morgan fingerprint density at radius 3 is 2.67 bits per heavy atom. The molecule has 1 heterocycles. The lowest BCUT2D eigenvalue weighted by atomic mass is 10.2. The quantitative estimate of drug-likeness (QED) is 0.855. The topological polar surface area (TPSA) is 29.9 Å². The minimum atomic E-state index is -2.73. The van der Waals surface area contributed by atoms with Crippen molar-refractivity contribution in [3.63, 3.8) is 0 Å². The normalized spacial score (nSPS) is 10.9. The predicted molar refractivity (Wildman–Crippen MR) is 57.2 cm³/mol. The summed E-state index contributed by atoms with van der Waals surface area (Å²) in [4.78, 5) is 0. The number of hydrogen-bond acceptors (Lipinski definition) is 2. The number of anilines is 1. The molecule has 0 aliphatic rings. The summed E-state index contributed by atoms with van der Waals surface area (Å²) in [6.07, 6.45) is 1.09. The van der Waals surface area contributed by atoms with Crippen LogP contribution in [0.3, 0.4) is 0 Å². The summed E-state index contributed by atoms with van der Waals surface area (Å²) in [6.45, 7) is -2.77. The van der Waals surface area contributed by atoms with Crippen molar-refractivity contribution in [3.05, 3.63) is 47.7 Å². The van der Waals surface area contributed by atoms with Gasteiger partial charge in [0.15, 0.2) is 11.6 Å². The second kappa shape index (κ2) is 5.07. The molecule has 0 atom stereocenters. The summed E-state index contributed by atoms with van der Waals surface area (Å²) in [7, 11) is 0. The lowest BCUT2D eigenvalue weighted by molar-refractivity contribution is 0.0569. The van der Waals surface area contributed by atoms with Crippen molar-refractivity contribution in [1.29, 1.82) is 0 Å². The third kappa shape index (κ3) is 2.61. The van der Waals surface area contributed by atoms with Gasteiger partial charge >= 0.3 is 6.55 Å². The molecule has 0 spiro atoms. The van der Waals surface area contributed by atoms with E-state index in [4.69, 9.17) is 0 Å². The molecule has 3 nitrogen and oxygen atoms in total. The van der Waals surface area contributed by atoms with Crippen molar-refractivity contribution in [2.45, 2.75) is 13.1 Å². The van der Waals surface area contributed by atoms with Crippen molar-refractivity contribution >= 4 is 5.82 Å². The number of nitrogens with zero attached hydrogens (tertiary/aromatic N) is 2. The van der Waals surface area contributed by atoms with Gasteiger partial charge in [0.1, 0.15) is 5.82 Å². The first-order chi connectivity index (χ1) is 8.58. The van der Waals surface area contributed by atoms with E-state index in [1.807, 2.05) is 0 Å². The second-order valence-electron chi connectivity index (χ2n) is 3.53. The molecule has 1 N–H and O–H groups in total. The molecule has 0 bridgehead atoms. The standard InChI is InChI=1S/C11H9F4N3/c12-8-3-1-2-7(10(8)13)6-16-9-4-5-18(17-9)11(14)15/h1-5,11H,6H2,(H,16,17). The van der Waals surface area contributed by atoms with Gasteiger partial charge in [-0.3, -0.25) is 0 Å². The molecule has 0 unspecified atom stereocenters. The zero-order chi connectivity index (χ0) is 13.1. The SMILES string of the molecule is Fc1cccc(CNc2ccn(C(F)F)n2)c1F. The minimum Gasteiger partial charge on any atom is -0.364 e. The Labute approximate surface area is 100 Å². The second-order valence-corrected chi connectivity index (χ2v) is 3.53. The van der Waals surface area contributed by atoms with Gasteiger partial charge < -0.3 is 5.32 Å². The molecule has 0 saturated heterocycles. The highest BCUT2D eigenvalue weighted by Gasteiger charge is 2.09. The summed E-state index contributed by atoms with van der Waals surface area (Å²) < 4.78 is 51.1. The molecule has 2 rings (SSSR count). The van der Waals surface area contributed by atoms with Gasteiger partial charge in [0.2, 0.25) is 0 Å². The highest BCUT2D eigenvalue weighted by Crippen LogP contribution is 2.15. The monoisotopic (exact) mass is 259 g/mol. The van der Waals surface area contributed by atoms with Crippen molar-refractivity contribution in [3.8, 4) is 0 Å². The van der Waals surface area contributed by atoms with Gasteiger partial charge in [0.05, 0.1) is 0 Å². The fourth-order valence-corrected chi connectivity index (χ4v) is 1.41. The molecule has 2 aromatic rings. The van der Waals surface area contributed by atoms with E-state index in [2.05, 4.69) is 10.4 Å². The molecule has 1 aromatic heterocycles. The van der Waals surface area contributed by atoms with Crippen LogP contribution in [-0.4, -0.2) is 9.78 Å². The molecule has 0 aliphatic carbocycles. The summed E-state index contributed by atoms with van der Waals surface area (Å²) in [5.41, 5.74) is 0.0987. The Morgan fingerprint density at radius 1 is 1.22 bits per heavy atom. The maximum Gasteiger partial charge on any atom is 0.333 e. The molecule has 0 amide bonds. The number of halogens is 4. The van der Waals surface area contributed by atoms with E-state index in [0.717, 1.165) is 12.3 Å². The Kier molecular flexibility index (Phi) is 3.50. The van der Waals surface area contributed by atoms with Gasteiger partial charge in [-0.05, 0) is 6.07 Å². The van der Waals surface area contributed by atoms with Crippen molar-refractivity contribution in [2.75, 3.05) is 5.32 Å². The van der Waals surface area contributed by atoms with Crippen LogP contribution in [0.25, 0.3) is 0 Å². The third-order valence-electron chi connectivity index (χ3n) is 2.30. The van der Waals surface area contributed by atoms with Crippen LogP contribution in [0.1, 0.15) is 12.1 Å². The van der Waals surface area contributed by atoms with E-state index in [0.29, 0.717) is 4.68 Å². The molecule has 0 aliphatic heterocycles. The van der Waals surface area contributed by atoms with Crippen LogP contribution >= 0.6 is 0 Å². The smallest absolute Gasteiger partial charge is 0.333 e. The number of nitrogens with one attached hydrogen (secondary N) is 1. The maximum atomic E-state index is 13.3. The molecule has 0 saturated carbocycles. The Morgan fingerprint density at radius 2 is 2.00 bits per heavy atom. The molecule has 0 fully saturated rings. The van der Waals surface area contributed by atoms with Gasteiger partial charge in [0, 0.05) is 24.4 Å². The van der Waals surface area contributed by atoms with Gasteiger partial charge in [0.25, 0.3) is 0 Å². The fraction of sp³-hybridized carbons (Fsp3) is 0.182. The van der Waals surface area contributed by atoms with Crippen LogP contribution in [0, 0.1) is 11.6 Å². The minimum absolute atomic E-state index is 0.0379. The summed E-state index contributed by atoms with van der Waals surface area (Å²) in [5.74, 6) is -1.75. The Hall–Kier alpha value is -2.05. The van der Waals surface area contributed by atoms with Crippen LogP contribution in [0.15, 0.2) is 30.5 Å². The van der Waals surface area contributed by atoms with Crippen LogP contribution < -0.4 is 5.32 Å². The van der Waals surface area contributed by atoms with E-state index in [1.54, 1.807) is 0 Å². The predicted octanol–water partition coefficient (Wildman–Crippen LogP) is 3.17. The Bertz CT molecular complexity index is 539. The van der Waals surface area contributed by atoms with E-state index in [9.17, 15) is 17.6 Å². The first kappa shape index (κ1) is 12.4. The van der Waals surface area contributed by atoms with Crippen molar-refractivity contribution < 1.29 is 17.6 Å². The average molecular weight is 259 g/mol. The number of hydrogen-bond donors (Lipinski definition) is 1. The third-order valence-corrected chi connectivity index (χ3v) is 2.30. The Balaban J connectivity index is 2.04. The lowest BCUT2D eigenvalue weighted by Gasteiger charge is -2.05. The van der Waals surface area contributed by atoms with Gasteiger partial charge in [-0.25, -0.2) is 13.5 Å². The van der Waals surface area contributed by atoms with E-state index in [-0.39, 0.29) is 17.9 Å². The first-order valence-corrected chi connectivity index (χ1v) is 5.08. The number of benzene rings is 1. The first-order valence-electron chi connectivity index (χ1n) is 5.08. The highest BCUT2D eigenvalue weighted by molar-refractivity contribution is 5.34. The summed E-state index contributed by atoms with van der Waals surface area (Å²) >= 11 is 0. The largest absolute Gasteiger partial charge is 0.364 e. The van der Waals surface area contributed by atoms with E-state index < -0.39 is 18.2 Å². The zero-order valence-corrected chi connectivity index (χ0v) is 9.08. The number of aromatic nitrogens is 2. The van der Waals surface area contributed by atoms with Crippen LogP contribution in [-0.2, 0) is 6.54 Å². The zero-order valence-electron chi connectivity index (χ0n) is 9.08. The average Bonchev–Trinajstić information content (AvgIpc) is 2.80. The van der Waals surface area contributed by atoms with Crippen molar-refractivity contribution in [1.82, 2.24) is 9.78 Å². The molecule has 0 radical (unpaired) electrons. The summed E-state index contributed by atoms with van der Waals surface area (Å²) in [6, 6.07) is 5.09. The number of alkyl halides is 2. The highest BCUT2D eigenvalue weighted by atomic mass is 19.3. The van der Waals surface area contributed by atoms with Gasteiger partial charge in [-0.15, -0.1) is 0 Å². The number of rotatable bonds is 4. The molecule has 96 valence electrons. The van der Waals surface area contributed by atoms with Crippen LogP contribution in [0.5, 0.6) is 0 Å². The molecular formula is C11H9F4N3. The van der Waals surface area contributed by atoms with Crippen LogP contribution in [0.4, 0.5) is 23.4 Å². The van der Waals surface area contributed by atoms with Crippen LogP contribution in [0.2, 0.25) is 0 Å². The van der Waals surface area contributed by atoms with Crippen molar-refractivity contribution in [2.24, 2.45) is 0 Å². The fourth-order valence-electron chi connectivity index (χ4n) is 1.41. The summed E-state index contributed by atoms with van der Waals surface area (Å²) in [5, 5.41) is 6.15. The molecular weight excluding hydrogens is 250 g/mol. The maximum absolute atomic E-state index is 13.3. The molecule has 7 heteroatoms. The lowest BCUT2D eigenvalue weighted by Crippen LogP contribution is -2.05. The van der Waals surface area contributed by atoms with Gasteiger partial charge in [-0.2, -0.15) is 13.9 Å². The van der Waals surface area contributed by atoms with E-state index in [1.165, 1.54) is 18.2 Å². The molecule has 1 aromatic carbocycles. The van der Waals surface area contributed by atoms with E-state index >= 15 is 0 Å². The van der Waals surface area contributed by atoms with Gasteiger partial charge in [-0.1, -0.05) is 12.1 Å². The molecule has 18 heavy (non-hydrogen) atoms.